The summed E-state index contributed by atoms with van der Waals surface area (Å²) in [5.74, 6) is -0.357. The molecule has 0 bridgehead atoms. The lowest BCUT2D eigenvalue weighted by Gasteiger charge is -2.24. The maximum absolute atomic E-state index is 12.5. The van der Waals surface area contributed by atoms with E-state index in [0.29, 0.717) is 22.8 Å². The lowest BCUT2D eigenvalue weighted by atomic mass is 9.85. The van der Waals surface area contributed by atoms with Crippen LogP contribution in [0.1, 0.15) is 39.5 Å². The van der Waals surface area contributed by atoms with E-state index in [0.717, 1.165) is 16.8 Å². The molecule has 144 valence electrons. The number of aromatic carboxylic acids is 1. The number of aromatic nitrogens is 6. The zero-order valence-electron chi connectivity index (χ0n) is 15.2. The van der Waals surface area contributed by atoms with Gasteiger partial charge in [0, 0.05) is 17.9 Å². The van der Waals surface area contributed by atoms with Gasteiger partial charge < -0.3 is 15.4 Å². The molecule has 4 aromatic rings. The van der Waals surface area contributed by atoms with Crippen molar-refractivity contribution in [3.8, 4) is 5.82 Å². The second-order valence-electron chi connectivity index (χ2n) is 6.79. The summed E-state index contributed by atoms with van der Waals surface area (Å²) >= 11 is 0. The van der Waals surface area contributed by atoms with Crippen molar-refractivity contribution in [2.24, 2.45) is 0 Å². The summed E-state index contributed by atoms with van der Waals surface area (Å²) in [6.07, 6.45) is 3.17. The van der Waals surface area contributed by atoms with E-state index in [2.05, 4.69) is 30.4 Å². The second kappa shape index (κ2) is 6.23. The molecule has 3 aromatic heterocycles. The molecule has 29 heavy (non-hydrogen) atoms. The Labute approximate surface area is 163 Å². The van der Waals surface area contributed by atoms with Gasteiger partial charge in [-0.25, -0.2) is 19.7 Å². The number of benzene rings is 1. The lowest BCUT2D eigenvalue weighted by Crippen LogP contribution is -2.25. The fraction of sp³-hybridized carbons (Fsp3) is 0.158. The number of carboxylic acids is 1. The monoisotopic (exact) mass is 389 g/mol. The minimum Gasteiger partial charge on any atom is -0.478 e. The summed E-state index contributed by atoms with van der Waals surface area (Å²) < 4.78 is 1.59. The number of H-pyrrole nitrogens is 1. The van der Waals surface area contributed by atoms with Crippen LogP contribution in [0.4, 0.5) is 5.82 Å². The Kier molecular flexibility index (Phi) is 3.66. The fourth-order valence-electron chi connectivity index (χ4n) is 3.76. The summed E-state index contributed by atoms with van der Waals surface area (Å²) in [6, 6.07) is 6.57. The number of amides is 1. The highest BCUT2D eigenvalue weighted by molar-refractivity contribution is 5.95. The van der Waals surface area contributed by atoms with Gasteiger partial charge in [0.2, 0.25) is 5.91 Å². The van der Waals surface area contributed by atoms with Crippen molar-refractivity contribution < 1.29 is 14.7 Å². The SMILES string of the molecule is Cc1nn(-c2ncnc3nc[nH]c23)c2c1C(c1ccc(C(=O)O)cc1)CC(=O)N2. The standard InChI is InChI=1S/C19H15N7O3/c1-9-14-12(10-2-4-11(5-3-10)19(28)29)6-13(27)24-17(14)26(25-9)18-15-16(21-7-20-15)22-8-23-18/h2-5,7-8,12H,6H2,1H3,(H,24,27)(H,28,29)(H,20,21,22,23). The largest absolute Gasteiger partial charge is 0.478 e. The third-order valence-electron chi connectivity index (χ3n) is 5.07. The van der Waals surface area contributed by atoms with E-state index >= 15 is 0 Å². The van der Waals surface area contributed by atoms with Gasteiger partial charge in [-0.05, 0) is 24.6 Å². The number of imidazole rings is 1. The Morgan fingerprint density at radius 3 is 2.76 bits per heavy atom. The quantitative estimate of drug-likeness (QED) is 0.487. The number of anilines is 1. The molecule has 1 aromatic carbocycles. The Morgan fingerprint density at radius 1 is 1.21 bits per heavy atom. The topological polar surface area (TPSA) is 139 Å². The van der Waals surface area contributed by atoms with Gasteiger partial charge in [-0.3, -0.25) is 4.79 Å². The van der Waals surface area contributed by atoms with Gasteiger partial charge in [0.25, 0.3) is 0 Å². The number of carbonyl (C=O) groups excluding carboxylic acids is 1. The first-order valence-corrected chi connectivity index (χ1v) is 8.90. The number of carbonyl (C=O) groups is 2. The molecule has 0 fully saturated rings. The third kappa shape index (κ3) is 2.64. The summed E-state index contributed by atoms with van der Waals surface area (Å²) in [4.78, 5) is 39.2. The summed E-state index contributed by atoms with van der Waals surface area (Å²) in [5.41, 5.74) is 3.78. The summed E-state index contributed by atoms with van der Waals surface area (Å²) in [5, 5.41) is 16.7. The Bertz CT molecular complexity index is 1270. The van der Waals surface area contributed by atoms with Crippen molar-refractivity contribution in [1.29, 1.82) is 0 Å². The molecule has 1 aliphatic rings. The van der Waals surface area contributed by atoms with E-state index < -0.39 is 5.97 Å². The van der Waals surface area contributed by atoms with Crippen molar-refractivity contribution in [2.45, 2.75) is 19.3 Å². The maximum atomic E-state index is 12.5. The molecular weight excluding hydrogens is 374 g/mol. The van der Waals surface area contributed by atoms with Gasteiger partial charge in [0.15, 0.2) is 11.5 Å². The first-order valence-electron chi connectivity index (χ1n) is 8.90. The van der Waals surface area contributed by atoms with Crippen LogP contribution in [0, 0.1) is 6.92 Å². The Hall–Kier alpha value is -4.08. The number of aryl methyl sites for hydroxylation is 1. The van der Waals surface area contributed by atoms with Crippen molar-refractivity contribution in [2.75, 3.05) is 5.32 Å². The first-order chi connectivity index (χ1) is 14.0. The molecule has 0 spiro atoms. The smallest absolute Gasteiger partial charge is 0.335 e. The van der Waals surface area contributed by atoms with E-state index in [9.17, 15) is 9.59 Å². The normalized spacial score (nSPS) is 15.9. The minimum absolute atomic E-state index is 0.152. The van der Waals surface area contributed by atoms with Gasteiger partial charge >= 0.3 is 5.97 Å². The van der Waals surface area contributed by atoms with Crippen LogP contribution in [0.2, 0.25) is 0 Å². The zero-order chi connectivity index (χ0) is 20.1. The first kappa shape index (κ1) is 17.0. The van der Waals surface area contributed by atoms with E-state index in [1.54, 1.807) is 28.9 Å². The number of hydrogen-bond donors (Lipinski definition) is 3. The zero-order valence-corrected chi connectivity index (χ0v) is 15.2. The van der Waals surface area contributed by atoms with Crippen LogP contribution in [0.3, 0.4) is 0 Å². The molecule has 0 aliphatic carbocycles. The average Bonchev–Trinajstić information content (AvgIpc) is 3.32. The van der Waals surface area contributed by atoms with Crippen LogP contribution >= 0.6 is 0 Å². The number of rotatable bonds is 3. The molecule has 3 N–H and O–H groups in total. The van der Waals surface area contributed by atoms with Gasteiger partial charge in [0.05, 0.1) is 17.6 Å². The van der Waals surface area contributed by atoms with E-state index in [4.69, 9.17) is 5.11 Å². The molecule has 0 saturated carbocycles. The highest BCUT2D eigenvalue weighted by Gasteiger charge is 2.33. The van der Waals surface area contributed by atoms with Gasteiger partial charge in [-0.15, -0.1) is 0 Å². The number of fused-ring (bicyclic) bond motifs is 2. The van der Waals surface area contributed by atoms with Crippen LogP contribution in [0.5, 0.6) is 0 Å². The van der Waals surface area contributed by atoms with Crippen molar-refractivity contribution in [3.05, 3.63) is 59.3 Å². The van der Waals surface area contributed by atoms with E-state index in [-0.39, 0.29) is 23.8 Å². The highest BCUT2D eigenvalue weighted by atomic mass is 16.4. The van der Waals surface area contributed by atoms with E-state index in [1.807, 2.05) is 6.92 Å². The van der Waals surface area contributed by atoms with Gasteiger partial charge in [-0.1, -0.05) is 12.1 Å². The lowest BCUT2D eigenvalue weighted by molar-refractivity contribution is -0.116. The van der Waals surface area contributed by atoms with Gasteiger partial charge in [-0.2, -0.15) is 9.78 Å². The molecule has 1 amide bonds. The molecule has 4 heterocycles. The number of hydrogen-bond acceptors (Lipinski definition) is 6. The van der Waals surface area contributed by atoms with Gasteiger partial charge in [0.1, 0.15) is 17.7 Å². The maximum Gasteiger partial charge on any atom is 0.335 e. The van der Waals surface area contributed by atoms with Crippen LogP contribution in [0.15, 0.2) is 36.9 Å². The van der Waals surface area contributed by atoms with Crippen molar-refractivity contribution in [1.82, 2.24) is 29.7 Å². The van der Waals surface area contributed by atoms with Crippen LogP contribution < -0.4 is 5.32 Å². The Balaban J connectivity index is 1.67. The molecule has 5 rings (SSSR count). The molecular formula is C19H15N7O3. The average molecular weight is 389 g/mol. The molecule has 10 heteroatoms. The number of aromatic amines is 1. The van der Waals surface area contributed by atoms with Crippen LogP contribution in [0.25, 0.3) is 17.0 Å². The van der Waals surface area contributed by atoms with Crippen LogP contribution in [-0.4, -0.2) is 46.7 Å². The minimum atomic E-state index is -0.991. The molecule has 1 atom stereocenters. The molecule has 1 aliphatic heterocycles. The van der Waals surface area contributed by atoms with Crippen molar-refractivity contribution >= 4 is 28.9 Å². The van der Waals surface area contributed by atoms with E-state index in [1.165, 1.54) is 12.7 Å². The second-order valence-corrected chi connectivity index (χ2v) is 6.79. The molecule has 10 nitrogen and oxygen atoms in total. The summed E-state index contributed by atoms with van der Waals surface area (Å²) in [6.45, 7) is 1.87. The number of nitrogens with zero attached hydrogens (tertiary/aromatic N) is 5. The highest BCUT2D eigenvalue weighted by Crippen LogP contribution is 2.40. The molecule has 1 unspecified atom stereocenters. The molecule has 0 radical (unpaired) electrons. The van der Waals surface area contributed by atoms with Crippen molar-refractivity contribution in [3.63, 3.8) is 0 Å². The third-order valence-corrected chi connectivity index (χ3v) is 5.07. The summed E-state index contributed by atoms with van der Waals surface area (Å²) in [7, 11) is 0. The fourth-order valence-corrected chi connectivity index (χ4v) is 3.76. The Morgan fingerprint density at radius 2 is 2.00 bits per heavy atom. The number of nitrogens with one attached hydrogen (secondary N) is 2. The van der Waals surface area contributed by atoms with Crippen LogP contribution in [-0.2, 0) is 4.79 Å². The molecule has 0 saturated heterocycles. The predicted octanol–water partition coefficient (Wildman–Crippen LogP) is 2.02. The number of carboxylic acid groups (broad SMARTS) is 1. The predicted molar refractivity (Wildman–Crippen MR) is 102 cm³/mol.